The molecule has 0 spiro atoms. The summed E-state index contributed by atoms with van der Waals surface area (Å²) in [5.74, 6) is -0.0936. The fraction of sp³-hybridized carbons (Fsp3) is 0.115. The van der Waals surface area contributed by atoms with Crippen LogP contribution in [-0.2, 0) is 20.0 Å². The molecule has 4 aromatic rings. The molecule has 2 aliphatic rings. The van der Waals surface area contributed by atoms with E-state index in [1.54, 1.807) is 54.3 Å². The molecule has 0 saturated heterocycles. The molecule has 3 aromatic carbocycles. The Bertz CT molecular complexity index is 1980. The van der Waals surface area contributed by atoms with Crippen molar-refractivity contribution in [1.29, 1.82) is 0 Å². The summed E-state index contributed by atoms with van der Waals surface area (Å²) in [5.41, 5.74) is 8.80. The number of hydrogen-bond donors (Lipinski definition) is 2. The van der Waals surface area contributed by atoms with Crippen LogP contribution in [0.2, 0.25) is 0 Å². The number of nitrogens with two attached hydrogens (primary N) is 2. The highest BCUT2D eigenvalue weighted by Gasteiger charge is 2.31. The average Bonchev–Trinajstić information content (AvgIpc) is 3.42. The van der Waals surface area contributed by atoms with Gasteiger partial charge in [-0.25, -0.2) is 18.2 Å². The minimum atomic E-state index is -3.97. The van der Waals surface area contributed by atoms with Gasteiger partial charge in [-0.15, -0.1) is 4.40 Å². The van der Waals surface area contributed by atoms with Gasteiger partial charge in [0.15, 0.2) is 0 Å². The monoisotopic (exact) mass is 578 g/mol. The van der Waals surface area contributed by atoms with E-state index < -0.39 is 20.0 Å². The van der Waals surface area contributed by atoms with Crippen molar-refractivity contribution in [3.05, 3.63) is 83.7 Å². The lowest BCUT2D eigenvalue weighted by molar-refractivity contribution is 0.0969. The van der Waals surface area contributed by atoms with Crippen LogP contribution in [0.4, 0.5) is 5.69 Å². The molecule has 204 valence electrons. The van der Waals surface area contributed by atoms with Crippen molar-refractivity contribution in [1.82, 2.24) is 9.78 Å². The molecule has 0 saturated carbocycles. The molecule has 14 heteroatoms. The number of amidine groups is 1. The van der Waals surface area contributed by atoms with Crippen LogP contribution in [0, 0.1) is 6.92 Å². The maximum atomic E-state index is 13.9. The molecule has 0 radical (unpaired) electrons. The maximum absolute atomic E-state index is 13.9. The normalized spacial score (nSPS) is 15.7. The van der Waals surface area contributed by atoms with E-state index in [2.05, 4.69) is 9.50 Å². The van der Waals surface area contributed by atoms with Gasteiger partial charge in [0.05, 0.1) is 28.5 Å². The molecule has 0 aliphatic carbocycles. The molecular weight excluding hydrogens is 556 g/mol. The molecule has 0 unspecified atom stereocenters. The number of anilines is 1. The number of rotatable bonds is 4. The SMILES string of the molecule is Cc1cc(C(=O)N2CCOc3cc(-c4ccccc4S(N)(=O)=O)ccc32)n(-c2ccc3c(c2)C(N)=NS3(=O)=O)n1. The Morgan fingerprint density at radius 3 is 2.58 bits per heavy atom. The van der Waals surface area contributed by atoms with Gasteiger partial charge in [0.1, 0.15) is 28.8 Å². The van der Waals surface area contributed by atoms with Gasteiger partial charge in [0.2, 0.25) is 10.0 Å². The fourth-order valence-electron chi connectivity index (χ4n) is 4.84. The summed E-state index contributed by atoms with van der Waals surface area (Å²) in [6.45, 7) is 2.20. The van der Waals surface area contributed by atoms with Crippen molar-refractivity contribution in [2.45, 2.75) is 16.7 Å². The van der Waals surface area contributed by atoms with E-state index >= 15 is 0 Å². The number of aryl methyl sites for hydroxylation is 1. The lowest BCUT2D eigenvalue weighted by atomic mass is 10.0. The summed E-state index contributed by atoms with van der Waals surface area (Å²) in [6, 6.07) is 17.5. The smallest absolute Gasteiger partial charge is 0.285 e. The number of amides is 1. The number of ether oxygens (including phenoxy) is 1. The molecule has 0 bridgehead atoms. The van der Waals surface area contributed by atoms with E-state index in [0.29, 0.717) is 33.9 Å². The van der Waals surface area contributed by atoms with Crippen molar-refractivity contribution in [2.24, 2.45) is 15.3 Å². The Hall–Kier alpha value is -4.53. The second kappa shape index (κ2) is 9.01. The van der Waals surface area contributed by atoms with Gasteiger partial charge in [-0.1, -0.05) is 24.3 Å². The molecule has 3 heterocycles. The van der Waals surface area contributed by atoms with Gasteiger partial charge >= 0.3 is 0 Å². The van der Waals surface area contributed by atoms with Crippen LogP contribution < -0.4 is 20.5 Å². The molecule has 1 amide bonds. The number of aromatic nitrogens is 2. The Balaban J connectivity index is 1.39. The highest BCUT2D eigenvalue weighted by Crippen LogP contribution is 2.38. The average molecular weight is 579 g/mol. The highest BCUT2D eigenvalue weighted by atomic mass is 32.2. The number of nitrogens with zero attached hydrogens (tertiary/aromatic N) is 4. The third-order valence-electron chi connectivity index (χ3n) is 6.60. The zero-order valence-corrected chi connectivity index (χ0v) is 22.6. The Labute approximate surface area is 229 Å². The second-order valence-corrected chi connectivity index (χ2v) is 12.3. The summed E-state index contributed by atoms with van der Waals surface area (Å²) in [5, 5.41) is 9.88. The minimum Gasteiger partial charge on any atom is -0.490 e. The molecule has 12 nitrogen and oxygen atoms in total. The number of carbonyl (C=O) groups is 1. The first kappa shape index (κ1) is 25.7. The first-order chi connectivity index (χ1) is 18.9. The van der Waals surface area contributed by atoms with Crippen molar-refractivity contribution < 1.29 is 26.4 Å². The molecule has 0 fully saturated rings. The van der Waals surface area contributed by atoms with E-state index in [9.17, 15) is 21.6 Å². The van der Waals surface area contributed by atoms with E-state index in [1.807, 2.05) is 0 Å². The molecule has 6 rings (SSSR count). The van der Waals surface area contributed by atoms with Gasteiger partial charge in [-0.3, -0.25) is 4.79 Å². The van der Waals surface area contributed by atoms with Gasteiger partial charge in [0, 0.05) is 11.1 Å². The number of fused-ring (bicyclic) bond motifs is 2. The highest BCUT2D eigenvalue weighted by molar-refractivity contribution is 7.90. The third kappa shape index (κ3) is 4.22. The molecule has 40 heavy (non-hydrogen) atoms. The molecule has 2 aliphatic heterocycles. The van der Waals surface area contributed by atoms with Crippen LogP contribution in [0.5, 0.6) is 5.75 Å². The minimum absolute atomic E-state index is 0.00701. The fourth-order valence-corrected chi connectivity index (χ4v) is 6.74. The molecule has 1 aromatic heterocycles. The number of benzene rings is 3. The van der Waals surface area contributed by atoms with Crippen LogP contribution >= 0.6 is 0 Å². The third-order valence-corrected chi connectivity index (χ3v) is 8.92. The molecular formula is C26H22N6O6S2. The Morgan fingerprint density at radius 2 is 1.80 bits per heavy atom. The number of carbonyl (C=O) groups excluding carboxylic acids is 1. The first-order valence-corrected chi connectivity index (χ1v) is 15.0. The van der Waals surface area contributed by atoms with Crippen LogP contribution in [0.25, 0.3) is 16.8 Å². The Kier molecular flexibility index (Phi) is 5.80. The quantitative estimate of drug-likeness (QED) is 0.369. The maximum Gasteiger partial charge on any atom is 0.285 e. The van der Waals surface area contributed by atoms with Gasteiger partial charge in [-0.05, 0) is 55.0 Å². The summed E-state index contributed by atoms with van der Waals surface area (Å²) >= 11 is 0. The summed E-state index contributed by atoms with van der Waals surface area (Å²) < 4.78 is 59.5. The predicted molar refractivity (Wildman–Crippen MR) is 147 cm³/mol. The summed E-state index contributed by atoms with van der Waals surface area (Å²) in [7, 11) is -7.83. The topological polar surface area (TPSA) is 180 Å². The summed E-state index contributed by atoms with van der Waals surface area (Å²) in [6.07, 6.45) is 0. The largest absolute Gasteiger partial charge is 0.490 e. The van der Waals surface area contributed by atoms with E-state index in [0.717, 1.165) is 0 Å². The van der Waals surface area contributed by atoms with E-state index in [4.69, 9.17) is 15.6 Å². The van der Waals surface area contributed by atoms with Crippen LogP contribution in [-0.4, -0.2) is 51.5 Å². The van der Waals surface area contributed by atoms with Crippen molar-refractivity contribution in [3.8, 4) is 22.6 Å². The number of primary sulfonamides is 1. The van der Waals surface area contributed by atoms with Crippen molar-refractivity contribution >= 4 is 37.5 Å². The van der Waals surface area contributed by atoms with Crippen LogP contribution in [0.15, 0.2) is 80.9 Å². The second-order valence-electron chi connectivity index (χ2n) is 9.24. The Morgan fingerprint density at radius 1 is 1.02 bits per heavy atom. The van der Waals surface area contributed by atoms with Gasteiger partial charge < -0.3 is 15.4 Å². The van der Waals surface area contributed by atoms with Gasteiger partial charge in [-0.2, -0.15) is 13.5 Å². The van der Waals surface area contributed by atoms with Crippen molar-refractivity contribution in [3.63, 3.8) is 0 Å². The first-order valence-electron chi connectivity index (χ1n) is 12.0. The van der Waals surface area contributed by atoms with Crippen LogP contribution in [0.3, 0.4) is 0 Å². The standard InChI is InChI=1S/C26H22N6O6S2/c1-15-12-21(32(29-15)17-7-9-24-19(14-17)25(27)30-40(24,36)37)26(33)31-10-11-38-22-13-16(6-8-20(22)31)18-4-2-3-5-23(18)39(28,34)35/h2-9,12-14H,10-11H2,1H3,(H2,27,30)(H2,28,34,35). The predicted octanol–water partition coefficient (Wildman–Crippen LogP) is 1.94. The molecule has 4 N–H and O–H groups in total. The lowest BCUT2D eigenvalue weighted by Crippen LogP contribution is -2.39. The zero-order valence-electron chi connectivity index (χ0n) is 21.0. The summed E-state index contributed by atoms with van der Waals surface area (Å²) in [4.78, 5) is 15.4. The number of sulfonamides is 2. The molecule has 0 atom stereocenters. The van der Waals surface area contributed by atoms with E-state index in [-0.39, 0.29) is 45.9 Å². The zero-order chi connectivity index (χ0) is 28.4. The lowest BCUT2D eigenvalue weighted by Gasteiger charge is -2.30. The van der Waals surface area contributed by atoms with E-state index in [1.165, 1.54) is 28.9 Å². The number of hydrogen-bond acceptors (Lipinski definition) is 8. The van der Waals surface area contributed by atoms with Gasteiger partial charge in [0.25, 0.3) is 15.9 Å². The van der Waals surface area contributed by atoms with Crippen LogP contribution in [0.1, 0.15) is 21.7 Å². The van der Waals surface area contributed by atoms with Crippen molar-refractivity contribution in [2.75, 3.05) is 18.1 Å².